The lowest BCUT2D eigenvalue weighted by atomic mass is 9.94. The Hall–Kier alpha value is -4.10. The molecule has 0 aromatic heterocycles. The number of benzene rings is 3. The maximum Gasteiger partial charge on any atom is 0.308 e. The molecule has 0 spiro atoms. The molecule has 1 atom stereocenters. The van der Waals surface area contributed by atoms with Gasteiger partial charge in [0.25, 0.3) is 11.7 Å². The Morgan fingerprint density at radius 2 is 1.73 bits per heavy atom. The highest BCUT2D eigenvalue weighted by molar-refractivity contribution is 6.51. The number of aryl methyl sites for hydroxylation is 2. The molecule has 1 aliphatic heterocycles. The van der Waals surface area contributed by atoms with Gasteiger partial charge in [0.1, 0.15) is 17.3 Å². The van der Waals surface area contributed by atoms with Crippen molar-refractivity contribution in [2.45, 2.75) is 33.7 Å². The summed E-state index contributed by atoms with van der Waals surface area (Å²) in [5.41, 5.74) is 2.97. The number of ether oxygens (including phenoxy) is 2. The number of rotatable bonds is 6. The Morgan fingerprint density at radius 1 is 1.03 bits per heavy atom. The number of Topliss-reactive ketones (excluding diaryl/α,β-unsaturated/α-hetero) is 1. The number of carbonyl (C=O) groups excluding carboxylic acids is 3. The number of aliphatic hydroxyl groups is 1. The van der Waals surface area contributed by atoms with Gasteiger partial charge in [-0.2, -0.15) is 0 Å². The number of amides is 1. The minimum atomic E-state index is -0.983. The zero-order valence-corrected chi connectivity index (χ0v) is 21.6. The van der Waals surface area contributed by atoms with Crippen LogP contribution in [0.25, 0.3) is 5.76 Å². The topological polar surface area (TPSA) is 93.1 Å². The van der Waals surface area contributed by atoms with Gasteiger partial charge < -0.3 is 14.6 Å². The van der Waals surface area contributed by atoms with Crippen molar-refractivity contribution in [3.8, 4) is 11.5 Å². The average molecular weight is 520 g/mol. The van der Waals surface area contributed by atoms with Crippen LogP contribution in [0, 0.1) is 13.8 Å². The third-order valence-corrected chi connectivity index (χ3v) is 6.18. The second-order valence-electron chi connectivity index (χ2n) is 8.76. The molecule has 37 heavy (non-hydrogen) atoms. The van der Waals surface area contributed by atoms with Crippen molar-refractivity contribution < 1.29 is 29.0 Å². The van der Waals surface area contributed by atoms with E-state index in [0.717, 1.165) is 11.1 Å². The summed E-state index contributed by atoms with van der Waals surface area (Å²) in [4.78, 5) is 39.8. The predicted octanol–water partition coefficient (Wildman–Crippen LogP) is 5.91. The standard InChI is InChI=1S/C29H26ClNO6/c1-5-36-24-15-20(9-10-23(24)30)27(33)25-26(19-7-6-8-22(14-19)37-18(4)32)31(29(35)28(25)34)21-12-16(2)11-17(3)13-21/h6-15,26,33H,5H2,1-4H3/b27-25-. The molecule has 4 rings (SSSR count). The molecular weight excluding hydrogens is 494 g/mol. The molecule has 190 valence electrons. The zero-order chi connectivity index (χ0) is 26.9. The van der Waals surface area contributed by atoms with Crippen molar-refractivity contribution >= 4 is 40.7 Å². The summed E-state index contributed by atoms with van der Waals surface area (Å²) >= 11 is 6.21. The monoisotopic (exact) mass is 519 g/mol. The number of ketones is 1. The van der Waals surface area contributed by atoms with Crippen LogP contribution in [0.1, 0.15) is 42.1 Å². The van der Waals surface area contributed by atoms with E-state index in [1.165, 1.54) is 17.9 Å². The Bertz CT molecular complexity index is 1420. The summed E-state index contributed by atoms with van der Waals surface area (Å²) in [6, 6.07) is 15.8. The molecule has 0 bridgehead atoms. The van der Waals surface area contributed by atoms with Gasteiger partial charge in [0.15, 0.2) is 0 Å². The first-order valence-corrected chi connectivity index (χ1v) is 12.1. The first-order valence-electron chi connectivity index (χ1n) is 11.7. The maximum absolute atomic E-state index is 13.4. The van der Waals surface area contributed by atoms with E-state index >= 15 is 0 Å². The fraction of sp³-hybridized carbons (Fsp3) is 0.207. The third kappa shape index (κ3) is 5.22. The normalized spacial score (nSPS) is 16.7. The van der Waals surface area contributed by atoms with Crippen LogP contribution < -0.4 is 14.4 Å². The van der Waals surface area contributed by atoms with E-state index in [-0.39, 0.29) is 22.6 Å². The van der Waals surface area contributed by atoms with Crippen molar-refractivity contribution in [2.75, 3.05) is 11.5 Å². The molecule has 1 aliphatic rings. The smallest absolute Gasteiger partial charge is 0.308 e. The van der Waals surface area contributed by atoms with Crippen LogP contribution in [-0.4, -0.2) is 29.4 Å². The van der Waals surface area contributed by atoms with Crippen molar-refractivity contribution in [3.63, 3.8) is 0 Å². The van der Waals surface area contributed by atoms with E-state index in [0.29, 0.717) is 28.6 Å². The molecular formula is C29H26ClNO6. The van der Waals surface area contributed by atoms with Gasteiger partial charge in [0, 0.05) is 18.2 Å². The molecule has 0 radical (unpaired) electrons. The van der Waals surface area contributed by atoms with Crippen LogP contribution in [0.3, 0.4) is 0 Å². The molecule has 0 saturated carbocycles. The lowest BCUT2D eigenvalue weighted by Gasteiger charge is -2.26. The van der Waals surface area contributed by atoms with E-state index in [1.54, 1.807) is 55.5 Å². The fourth-order valence-electron chi connectivity index (χ4n) is 4.49. The number of hydrogen-bond donors (Lipinski definition) is 1. The Kier molecular flexibility index (Phi) is 7.36. The summed E-state index contributed by atoms with van der Waals surface area (Å²) in [6.07, 6.45) is 0. The zero-order valence-electron chi connectivity index (χ0n) is 20.9. The molecule has 1 N–H and O–H groups in total. The number of carbonyl (C=O) groups is 3. The highest BCUT2D eigenvalue weighted by Gasteiger charge is 2.47. The second kappa shape index (κ2) is 10.5. The van der Waals surface area contributed by atoms with Crippen molar-refractivity contribution in [1.29, 1.82) is 0 Å². The number of anilines is 1. The summed E-state index contributed by atoms with van der Waals surface area (Å²) < 4.78 is 10.8. The van der Waals surface area contributed by atoms with E-state index in [4.69, 9.17) is 21.1 Å². The van der Waals surface area contributed by atoms with Crippen LogP contribution in [0.4, 0.5) is 5.69 Å². The number of aliphatic hydroxyl groups excluding tert-OH is 1. The van der Waals surface area contributed by atoms with Gasteiger partial charge in [0.2, 0.25) is 0 Å². The predicted molar refractivity (Wildman–Crippen MR) is 141 cm³/mol. The number of nitrogens with zero attached hydrogens (tertiary/aromatic N) is 1. The quantitative estimate of drug-likeness (QED) is 0.143. The molecule has 1 saturated heterocycles. The van der Waals surface area contributed by atoms with E-state index in [9.17, 15) is 19.5 Å². The number of halogens is 1. The molecule has 1 amide bonds. The van der Waals surface area contributed by atoms with Crippen molar-refractivity contribution in [1.82, 2.24) is 0 Å². The van der Waals surface area contributed by atoms with Gasteiger partial charge in [-0.15, -0.1) is 0 Å². The third-order valence-electron chi connectivity index (χ3n) is 5.87. The van der Waals surface area contributed by atoms with Crippen LogP contribution in [0.15, 0.2) is 66.2 Å². The largest absolute Gasteiger partial charge is 0.507 e. The highest BCUT2D eigenvalue weighted by atomic mass is 35.5. The minimum Gasteiger partial charge on any atom is -0.507 e. The van der Waals surface area contributed by atoms with Crippen molar-refractivity contribution in [3.05, 3.63) is 93.5 Å². The first kappa shape index (κ1) is 26.0. The molecule has 1 heterocycles. The summed E-state index contributed by atoms with van der Waals surface area (Å²) in [5.74, 6) is -1.91. The van der Waals surface area contributed by atoms with Crippen LogP contribution in [0.2, 0.25) is 5.02 Å². The number of esters is 1. The second-order valence-corrected chi connectivity index (χ2v) is 9.17. The minimum absolute atomic E-state index is 0.103. The van der Waals surface area contributed by atoms with Crippen LogP contribution in [0.5, 0.6) is 11.5 Å². The van der Waals surface area contributed by atoms with Crippen molar-refractivity contribution in [2.24, 2.45) is 0 Å². The molecule has 3 aromatic rings. The molecule has 1 unspecified atom stereocenters. The van der Waals surface area contributed by atoms with Crippen LogP contribution in [-0.2, 0) is 14.4 Å². The Labute approximate surface area is 219 Å². The van der Waals surface area contributed by atoms with Crippen LogP contribution >= 0.6 is 11.6 Å². The van der Waals surface area contributed by atoms with Gasteiger partial charge in [-0.25, -0.2) is 0 Å². The summed E-state index contributed by atoms with van der Waals surface area (Å²) in [5, 5.41) is 11.8. The van der Waals surface area contributed by atoms with E-state index in [2.05, 4.69) is 0 Å². The van der Waals surface area contributed by atoms with Gasteiger partial charge in [-0.3, -0.25) is 19.3 Å². The average Bonchev–Trinajstić information content (AvgIpc) is 3.10. The van der Waals surface area contributed by atoms with Gasteiger partial charge in [-0.1, -0.05) is 29.8 Å². The number of hydrogen-bond acceptors (Lipinski definition) is 6. The molecule has 8 heteroatoms. The lowest BCUT2D eigenvalue weighted by molar-refractivity contribution is -0.132. The van der Waals surface area contributed by atoms with E-state index < -0.39 is 23.7 Å². The van der Waals surface area contributed by atoms with Gasteiger partial charge in [0.05, 0.1) is 23.2 Å². The fourth-order valence-corrected chi connectivity index (χ4v) is 4.66. The van der Waals surface area contributed by atoms with Gasteiger partial charge >= 0.3 is 5.97 Å². The molecule has 3 aromatic carbocycles. The maximum atomic E-state index is 13.4. The summed E-state index contributed by atoms with van der Waals surface area (Å²) in [6.45, 7) is 7.22. The Balaban J connectivity index is 1.96. The summed E-state index contributed by atoms with van der Waals surface area (Å²) in [7, 11) is 0. The Morgan fingerprint density at radius 3 is 2.38 bits per heavy atom. The van der Waals surface area contributed by atoms with Gasteiger partial charge in [-0.05, 0) is 79.9 Å². The first-order chi connectivity index (χ1) is 17.6. The molecule has 0 aliphatic carbocycles. The highest BCUT2D eigenvalue weighted by Crippen LogP contribution is 2.43. The lowest BCUT2D eigenvalue weighted by Crippen LogP contribution is -2.29. The SMILES string of the molecule is CCOc1cc(/C(O)=C2/C(=O)C(=O)N(c3cc(C)cc(C)c3)C2c2cccc(OC(C)=O)c2)ccc1Cl. The molecule has 7 nitrogen and oxygen atoms in total. The van der Waals surface area contributed by atoms with E-state index in [1.807, 2.05) is 19.9 Å². The molecule has 1 fully saturated rings.